The fourth-order valence-corrected chi connectivity index (χ4v) is 2.72. The van der Waals surface area contributed by atoms with E-state index in [1.807, 2.05) is 0 Å². The summed E-state index contributed by atoms with van der Waals surface area (Å²) in [6.45, 7) is 4.80. The summed E-state index contributed by atoms with van der Waals surface area (Å²) in [5.74, 6) is -5.44. The van der Waals surface area contributed by atoms with E-state index in [0.717, 1.165) is 0 Å². The number of H-pyrrole nitrogens is 1. The van der Waals surface area contributed by atoms with E-state index in [1.165, 1.54) is 19.4 Å². The minimum Gasteiger partial charge on any atom is -0.481 e. The second kappa shape index (κ2) is 12.4. The fraction of sp³-hybridized carbons (Fsp3) is 0.579. The van der Waals surface area contributed by atoms with Crippen LogP contribution in [0.15, 0.2) is 12.5 Å². The maximum absolute atomic E-state index is 12.9. The molecule has 13 heteroatoms. The zero-order valence-corrected chi connectivity index (χ0v) is 18.1. The highest BCUT2D eigenvalue weighted by Crippen LogP contribution is 2.10. The normalized spacial score (nSPS) is 15.5. The largest absolute Gasteiger partial charge is 0.481 e. The van der Waals surface area contributed by atoms with Crippen LogP contribution >= 0.6 is 0 Å². The summed E-state index contributed by atoms with van der Waals surface area (Å²) in [5.41, 5.74) is 5.94. The summed E-state index contributed by atoms with van der Waals surface area (Å²) in [5, 5.41) is 25.6. The maximum Gasteiger partial charge on any atom is 0.326 e. The SMILES string of the molecule is CCC(C)C(NC(=O)C(CC(=O)O)NC(=O)C(C)N)C(=O)NC(Cc1cnc[nH]1)C(=O)O. The van der Waals surface area contributed by atoms with Gasteiger partial charge in [0.25, 0.3) is 0 Å². The minimum absolute atomic E-state index is 0.0612. The minimum atomic E-state index is -1.47. The van der Waals surface area contributed by atoms with Gasteiger partial charge in [0, 0.05) is 18.3 Å². The molecule has 178 valence electrons. The molecule has 0 fully saturated rings. The van der Waals surface area contributed by atoms with Crippen LogP contribution in [0.2, 0.25) is 0 Å². The molecule has 1 aromatic heterocycles. The second-order valence-corrected chi connectivity index (χ2v) is 7.50. The van der Waals surface area contributed by atoms with Gasteiger partial charge in [-0.1, -0.05) is 20.3 Å². The van der Waals surface area contributed by atoms with Crippen LogP contribution < -0.4 is 21.7 Å². The molecule has 1 rings (SSSR count). The number of aliphatic carboxylic acids is 2. The third-order valence-corrected chi connectivity index (χ3v) is 4.81. The highest BCUT2D eigenvalue weighted by atomic mass is 16.4. The molecule has 0 saturated carbocycles. The summed E-state index contributed by atoms with van der Waals surface area (Å²) in [6.07, 6.45) is 2.46. The molecule has 13 nitrogen and oxygen atoms in total. The Morgan fingerprint density at radius 3 is 2.12 bits per heavy atom. The first-order valence-electron chi connectivity index (χ1n) is 10.0. The number of aromatic amines is 1. The number of rotatable bonds is 13. The van der Waals surface area contributed by atoms with Crippen LogP contribution in [-0.4, -0.2) is 74.0 Å². The molecule has 0 aliphatic rings. The van der Waals surface area contributed by atoms with Crippen LogP contribution in [0.3, 0.4) is 0 Å². The van der Waals surface area contributed by atoms with E-state index in [0.29, 0.717) is 12.1 Å². The number of imidazole rings is 1. The average molecular weight is 454 g/mol. The van der Waals surface area contributed by atoms with E-state index in [4.69, 9.17) is 10.8 Å². The number of carboxylic acids is 2. The Kier molecular flexibility index (Phi) is 10.3. The van der Waals surface area contributed by atoms with Crippen LogP contribution in [0.5, 0.6) is 0 Å². The highest BCUT2D eigenvalue weighted by Gasteiger charge is 2.33. The Bertz CT molecular complexity index is 811. The van der Waals surface area contributed by atoms with Gasteiger partial charge in [-0.3, -0.25) is 19.2 Å². The van der Waals surface area contributed by atoms with Crippen LogP contribution in [0.4, 0.5) is 0 Å². The van der Waals surface area contributed by atoms with Gasteiger partial charge < -0.3 is 36.9 Å². The number of nitrogens with one attached hydrogen (secondary N) is 4. The Hall–Kier alpha value is -3.48. The number of amides is 3. The lowest BCUT2D eigenvalue weighted by Gasteiger charge is -2.27. The van der Waals surface area contributed by atoms with Gasteiger partial charge in [-0.15, -0.1) is 0 Å². The van der Waals surface area contributed by atoms with Crippen molar-refractivity contribution in [2.75, 3.05) is 0 Å². The first-order valence-corrected chi connectivity index (χ1v) is 10.0. The van der Waals surface area contributed by atoms with Gasteiger partial charge in [-0.2, -0.15) is 0 Å². The first-order chi connectivity index (χ1) is 15.0. The van der Waals surface area contributed by atoms with E-state index in [9.17, 15) is 29.1 Å². The molecule has 0 aromatic carbocycles. The van der Waals surface area contributed by atoms with Crippen LogP contribution in [0.25, 0.3) is 0 Å². The molecule has 3 amide bonds. The molecule has 0 aliphatic carbocycles. The molecule has 1 heterocycles. The molecule has 0 saturated heterocycles. The van der Waals surface area contributed by atoms with E-state index >= 15 is 0 Å². The molecule has 32 heavy (non-hydrogen) atoms. The van der Waals surface area contributed by atoms with Crippen molar-refractivity contribution >= 4 is 29.7 Å². The molecule has 1 aromatic rings. The van der Waals surface area contributed by atoms with Gasteiger partial charge in [0.05, 0.1) is 18.8 Å². The van der Waals surface area contributed by atoms with Gasteiger partial charge in [-0.25, -0.2) is 9.78 Å². The van der Waals surface area contributed by atoms with Crippen LogP contribution in [0, 0.1) is 5.92 Å². The molecule has 8 N–H and O–H groups in total. The third kappa shape index (κ3) is 8.34. The molecule has 5 atom stereocenters. The van der Waals surface area contributed by atoms with Crippen LogP contribution in [-0.2, 0) is 30.4 Å². The van der Waals surface area contributed by atoms with Gasteiger partial charge in [0.1, 0.15) is 18.1 Å². The Morgan fingerprint density at radius 2 is 1.66 bits per heavy atom. The predicted octanol–water partition coefficient (Wildman–Crippen LogP) is -1.64. The Balaban J connectivity index is 2.99. The molecule has 0 aliphatic heterocycles. The molecular formula is C19H30N6O7. The number of nitrogens with zero attached hydrogens (tertiary/aromatic N) is 1. The molecule has 0 radical (unpaired) electrons. The number of nitrogens with two attached hydrogens (primary N) is 1. The fourth-order valence-electron chi connectivity index (χ4n) is 2.72. The molecular weight excluding hydrogens is 424 g/mol. The number of hydrogen-bond donors (Lipinski definition) is 7. The number of aromatic nitrogens is 2. The summed E-state index contributed by atoms with van der Waals surface area (Å²) < 4.78 is 0. The van der Waals surface area contributed by atoms with Gasteiger partial charge in [0.15, 0.2) is 0 Å². The van der Waals surface area contributed by atoms with Crippen molar-refractivity contribution in [3.63, 3.8) is 0 Å². The molecule has 0 bridgehead atoms. The zero-order valence-electron chi connectivity index (χ0n) is 18.1. The van der Waals surface area contributed by atoms with Gasteiger partial charge in [-0.05, 0) is 12.8 Å². The number of hydrogen-bond acceptors (Lipinski definition) is 7. The maximum atomic E-state index is 12.9. The van der Waals surface area contributed by atoms with Crippen molar-refractivity contribution in [1.82, 2.24) is 25.9 Å². The standard InChI is InChI=1S/C19H30N6O7/c1-4-9(2)15(18(30)24-13(19(31)32)5-11-7-21-8-22-11)25-17(29)12(6-14(26)27)23-16(28)10(3)20/h7-10,12-13,15H,4-6,20H2,1-3H3,(H,21,22)(H,23,28)(H,24,30)(H,25,29)(H,26,27)(H,31,32). The average Bonchev–Trinajstić information content (AvgIpc) is 3.22. The smallest absolute Gasteiger partial charge is 0.326 e. The Labute approximate surface area is 184 Å². The van der Waals surface area contributed by atoms with Crippen molar-refractivity contribution in [2.24, 2.45) is 11.7 Å². The third-order valence-electron chi connectivity index (χ3n) is 4.81. The lowest BCUT2D eigenvalue weighted by molar-refractivity contribution is -0.143. The van der Waals surface area contributed by atoms with E-state index in [-0.39, 0.29) is 6.42 Å². The zero-order chi connectivity index (χ0) is 24.4. The molecule has 5 unspecified atom stereocenters. The van der Waals surface area contributed by atoms with Crippen molar-refractivity contribution in [2.45, 2.75) is 64.2 Å². The first kappa shape index (κ1) is 26.6. The van der Waals surface area contributed by atoms with Crippen LogP contribution in [0.1, 0.15) is 39.3 Å². The summed E-state index contributed by atoms with van der Waals surface area (Å²) in [6, 6.07) is -4.91. The summed E-state index contributed by atoms with van der Waals surface area (Å²) in [7, 11) is 0. The van der Waals surface area contributed by atoms with E-state index in [1.54, 1.807) is 13.8 Å². The van der Waals surface area contributed by atoms with E-state index < -0.39 is 66.2 Å². The van der Waals surface area contributed by atoms with Crippen molar-refractivity contribution in [1.29, 1.82) is 0 Å². The topological polar surface area (TPSA) is 217 Å². The summed E-state index contributed by atoms with van der Waals surface area (Å²) in [4.78, 5) is 66.7. The number of carbonyl (C=O) groups excluding carboxylic acids is 3. The highest BCUT2D eigenvalue weighted by molar-refractivity contribution is 5.95. The quantitative estimate of drug-likeness (QED) is 0.181. The molecule has 0 spiro atoms. The number of carboxylic acid groups (broad SMARTS) is 2. The van der Waals surface area contributed by atoms with Crippen molar-refractivity contribution in [3.05, 3.63) is 18.2 Å². The predicted molar refractivity (Wildman–Crippen MR) is 111 cm³/mol. The van der Waals surface area contributed by atoms with Crippen molar-refractivity contribution < 1.29 is 34.2 Å². The lowest BCUT2D eigenvalue weighted by Crippen LogP contribution is -2.59. The summed E-state index contributed by atoms with van der Waals surface area (Å²) >= 11 is 0. The second-order valence-electron chi connectivity index (χ2n) is 7.50. The Morgan fingerprint density at radius 1 is 1.03 bits per heavy atom. The lowest BCUT2D eigenvalue weighted by atomic mass is 9.97. The van der Waals surface area contributed by atoms with Crippen molar-refractivity contribution in [3.8, 4) is 0 Å². The monoisotopic (exact) mass is 454 g/mol. The van der Waals surface area contributed by atoms with Gasteiger partial charge in [0.2, 0.25) is 17.7 Å². The van der Waals surface area contributed by atoms with Gasteiger partial charge >= 0.3 is 11.9 Å². The van der Waals surface area contributed by atoms with E-state index in [2.05, 4.69) is 25.9 Å². The number of carbonyl (C=O) groups is 5.